The summed E-state index contributed by atoms with van der Waals surface area (Å²) in [6.45, 7) is 3.44. The number of aromatic nitrogens is 1. The van der Waals surface area contributed by atoms with Gasteiger partial charge in [0.1, 0.15) is 16.5 Å². The molecule has 0 bridgehead atoms. The Hall–Kier alpha value is -3.53. The van der Waals surface area contributed by atoms with Crippen molar-refractivity contribution in [2.75, 3.05) is 59.5 Å². The molecule has 1 aliphatic heterocycles. The third kappa shape index (κ3) is 7.04. The van der Waals surface area contributed by atoms with Crippen LogP contribution in [0.3, 0.4) is 0 Å². The molecule has 2 heterocycles. The Morgan fingerprint density at radius 2 is 1.76 bits per heavy atom. The summed E-state index contributed by atoms with van der Waals surface area (Å²) in [5.74, 6) is 0.654. The Kier molecular flexibility index (Phi) is 10.3. The number of hydrogen-bond acceptors (Lipinski definition) is 9. The monoisotopic (exact) mass is 618 g/mol. The maximum Gasteiger partial charge on any atom is 0.269 e. The zero-order valence-corrected chi connectivity index (χ0v) is 25.0. The summed E-state index contributed by atoms with van der Waals surface area (Å²) < 4.78 is 23.7. The van der Waals surface area contributed by atoms with Crippen molar-refractivity contribution in [1.82, 2.24) is 9.47 Å². The van der Waals surface area contributed by atoms with Crippen molar-refractivity contribution in [3.05, 3.63) is 65.5 Å². The second-order valence-corrected chi connectivity index (χ2v) is 10.7. The van der Waals surface area contributed by atoms with E-state index in [1.165, 1.54) is 32.0 Å². The molecule has 1 amide bonds. The minimum atomic E-state index is -0.715. The number of thiazole rings is 1. The highest BCUT2D eigenvalue weighted by molar-refractivity contribution is 7.07. The van der Waals surface area contributed by atoms with Gasteiger partial charge in [0.25, 0.3) is 11.5 Å². The summed E-state index contributed by atoms with van der Waals surface area (Å²) in [6, 6.07) is 9.94. The quantitative estimate of drug-likeness (QED) is 0.389. The van der Waals surface area contributed by atoms with Crippen LogP contribution in [0.1, 0.15) is 5.56 Å². The second-order valence-electron chi connectivity index (χ2n) is 8.84. The molecule has 0 aliphatic carbocycles. The van der Waals surface area contributed by atoms with Gasteiger partial charge in [-0.15, -0.1) is 11.3 Å². The predicted molar refractivity (Wildman–Crippen MR) is 159 cm³/mol. The average molecular weight is 620 g/mol. The first-order valence-corrected chi connectivity index (χ1v) is 14.1. The first kappa shape index (κ1) is 30.4. The van der Waals surface area contributed by atoms with Crippen LogP contribution >= 0.6 is 34.5 Å². The molecule has 13 heteroatoms. The zero-order valence-electron chi connectivity index (χ0n) is 22.7. The predicted octanol–water partition coefficient (Wildman–Crippen LogP) is 2.72. The van der Waals surface area contributed by atoms with Gasteiger partial charge in [-0.2, -0.15) is 5.26 Å². The number of nitriles is 1. The number of amides is 1. The lowest BCUT2D eigenvalue weighted by Gasteiger charge is -2.26. The van der Waals surface area contributed by atoms with Gasteiger partial charge in [0.2, 0.25) is 0 Å². The molecular weight excluding hydrogens is 591 g/mol. The first-order chi connectivity index (χ1) is 19.8. The number of carbonyl (C=O) groups excluding carboxylic acids is 1. The van der Waals surface area contributed by atoms with E-state index in [9.17, 15) is 14.9 Å². The topological polar surface area (TPSA) is 115 Å². The van der Waals surface area contributed by atoms with Crippen molar-refractivity contribution in [3.63, 3.8) is 0 Å². The molecule has 216 valence electrons. The number of methoxy groups -OCH3 is 3. The highest BCUT2D eigenvalue weighted by Crippen LogP contribution is 2.35. The van der Waals surface area contributed by atoms with Crippen LogP contribution in [0, 0.1) is 11.3 Å². The molecule has 2 aromatic carbocycles. The number of benzene rings is 2. The molecule has 0 spiro atoms. The normalized spacial score (nSPS) is 14.8. The number of ether oxygens (including phenoxy) is 4. The number of morpholine rings is 1. The van der Waals surface area contributed by atoms with Crippen molar-refractivity contribution in [2.24, 2.45) is 0 Å². The molecule has 0 atom stereocenters. The fourth-order valence-corrected chi connectivity index (χ4v) is 5.71. The van der Waals surface area contributed by atoms with Crippen molar-refractivity contribution >= 4 is 57.8 Å². The Balaban J connectivity index is 1.87. The van der Waals surface area contributed by atoms with Crippen LogP contribution in [0.2, 0.25) is 10.0 Å². The van der Waals surface area contributed by atoms with Crippen molar-refractivity contribution in [2.45, 2.75) is 6.54 Å². The molecule has 10 nitrogen and oxygen atoms in total. The zero-order chi connectivity index (χ0) is 29.5. The largest absolute Gasteiger partial charge is 0.496 e. The Labute approximate surface area is 250 Å². The van der Waals surface area contributed by atoms with E-state index in [1.807, 2.05) is 6.07 Å². The number of anilines is 1. The van der Waals surface area contributed by atoms with Gasteiger partial charge in [-0.1, -0.05) is 23.2 Å². The van der Waals surface area contributed by atoms with Crippen LogP contribution in [-0.4, -0.2) is 69.6 Å². The molecule has 41 heavy (non-hydrogen) atoms. The molecule has 1 fully saturated rings. The van der Waals surface area contributed by atoms with Gasteiger partial charge in [0, 0.05) is 42.8 Å². The summed E-state index contributed by atoms with van der Waals surface area (Å²) in [5.41, 5.74) is 0.224. The van der Waals surface area contributed by atoms with Crippen molar-refractivity contribution in [3.8, 4) is 23.3 Å². The van der Waals surface area contributed by atoms with E-state index in [4.69, 9.17) is 42.1 Å². The van der Waals surface area contributed by atoms with Crippen LogP contribution in [0.4, 0.5) is 5.69 Å². The minimum Gasteiger partial charge on any atom is -0.496 e. The van der Waals surface area contributed by atoms with E-state index in [0.717, 1.165) is 24.4 Å². The first-order valence-electron chi connectivity index (χ1n) is 12.5. The van der Waals surface area contributed by atoms with Crippen LogP contribution < -0.4 is 34.3 Å². The van der Waals surface area contributed by atoms with Crippen LogP contribution in [0.15, 0.2) is 35.1 Å². The number of nitrogens with one attached hydrogen (secondary N) is 1. The molecule has 0 saturated carbocycles. The van der Waals surface area contributed by atoms with Gasteiger partial charge in [0.15, 0.2) is 17.1 Å². The molecule has 4 rings (SSSR count). The smallest absolute Gasteiger partial charge is 0.269 e. The number of carbonyl (C=O) groups is 1. The third-order valence-electron chi connectivity index (χ3n) is 6.40. The van der Waals surface area contributed by atoms with Crippen LogP contribution in [0.25, 0.3) is 11.6 Å². The van der Waals surface area contributed by atoms with Gasteiger partial charge in [-0.3, -0.25) is 19.1 Å². The van der Waals surface area contributed by atoms with Crippen molar-refractivity contribution < 1.29 is 23.7 Å². The van der Waals surface area contributed by atoms with E-state index in [0.29, 0.717) is 52.1 Å². The second kappa shape index (κ2) is 13.9. The van der Waals surface area contributed by atoms with Gasteiger partial charge in [-0.25, -0.2) is 0 Å². The third-order valence-corrected chi connectivity index (χ3v) is 8.10. The Morgan fingerprint density at radius 3 is 2.41 bits per heavy atom. The summed E-state index contributed by atoms with van der Waals surface area (Å²) >= 11 is 13.3. The molecule has 1 saturated heterocycles. The van der Waals surface area contributed by atoms with E-state index in [1.54, 1.807) is 30.3 Å². The molecule has 1 N–H and O–H groups in total. The summed E-state index contributed by atoms with van der Waals surface area (Å²) in [7, 11) is 4.53. The molecule has 1 aromatic heterocycles. The Morgan fingerprint density at radius 1 is 1.07 bits per heavy atom. The number of hydrogen-bond donors (Lipinski definition) is 1. The molecule has 0 unspecified atom stereocenters. The van der Waals surface area contributed by atoms with E-state index in [-0.39, 0.29) is 33.0 Å². The maximum absolute atomic E-state index is 13.8. The fourth-order valence-electron chi connectivity index (χ4n) is 4.26. The number of halogens is 2. The van der Waals surface area contributed by atoms with Crippen LogP contribution in [-0.2, 0) is 16.1 Å². The molecular formula is C28H28Cl2N4O6S. The van der Waals surface area contributed by atoms with E-state index in [2.05, 4.69) is 10.2 Å². The fraction of sp³-hybridized carbons (Fsp3) is 0.321. The summed E-state index contributed by atoms with van der Waals surface area (Å²) in [4.78, 5) is 29.2. The van der Waals surface area contributed by atoms with Crippen LogP contribution in [0.5, 0.6) is 17.2 Å². The number of nitrogens with zero attached hydrogens (tertiary/aromatic N) is 3. The van der Waals surface area contributed by atoms with Gasteiger partial charge in [-0.05, 0) is 30.3 Å². The van der Waals surface area contributed by atoms with Gasteiger partial charge < -0.3 is 24.3 Å². The van der Waals surface area contributed by atoms with E-state index < -0.39 is 5.91 Å². The number of rotatable bonds is 9. The molecule has 3 aromatic rings. The maximum atomic E-state index is 13.8. The van der Waals surface area contributed by atoms with Crippen molar-refractivity contribution in [1.29, 1.82) is 5.26 Å². The van der Waals surface area contributed by atoms with Gasteiger partial charge in [0.05, 0.1) is 49.8 Å². The Bertz CT molecular complexity index is 1660. The lowest BCUT2D eigenvalue weighted by molar-refractivity contribution is -0.111. The lowest BCUT2D eigenvalue weighted by Crippen LogP contribution is -2.41. The van der Waals surface area contributed by atoms with Gasteiger partial charge >= 0.3 is 0 Å². The standard InChI is InChI=1S/C28H28Cl2N4O6S/c1-37-22-15-24(39-3)23(38-2)12-17(22)13-25-27(36)34(7-6-33-8-10-40-11-9-33)28(41-25)19(16-31)26(35)32-21-14-18(29)4-5-20(21)30/h4-5,12-15H,6-11H2,1-3H3,(H,32,35). The highest BCUT2D eigenvalue weighted by Gasteiger charge is 2.19. The lowest BCUT2D eigenvalue weighted by atomic mass is 10.1. The molecule has 0 radical (unpaired) electrons. The average Bonchev–Trinajstić information content (AvgIpc) is 3.28. The SMILES string of the molecule is COc1cc(OC)c(OC)cc1C=c1sc(=C(C#N)C(=O)Nc2cc(Cl)ccc2Cl)n(CCN2CCOCC2)c1=O. The highest BCUT2D eigenvalue weighted by atomic mass is 35.5. The molecule has 1 aliphatic rings. The minimum absolute atomic E-state index is 0.215. The summed E-state index contributed by atoms with van der Waals surface area (Å²) in [6.07, 6.45) is 1.64. The van der Waals surface area contributed by atoms with E-state index >= 15 is 0 Å². The summed E-state index contributed by atoms with van der Waals surface area (Å²) in [5, 5.41) is 13.4.